The first-order chi connectivity index (χ1) is 27.7. The summed E-state index contributed by atoms with van der Waals surface area (Å²) in [5.74, 6) is 1.78. The Morgan fingerprint density at radius 2 is 0.821 bits per heavy atom. The van der Waals surface area contributed by atoms with E-state index in [1.54, 1.807) is 6.20 Å². The minimum Gasteiger partial charge on any atom is -0.208 e. The molecule has 2 heterocycles. The number of rotatable bonds is 7. The van der Waals surface area contributed by atoms with Crippen molar-refractivity contribution < 1.29 is 0 Å². The lowest BCUT2D eigenvalue weighted by molar-refractivity contribution is 1.04. The molecule has 0 saturated heterocycles. The molecule has 5 heteroatoms. The zero-order valence-corrected chi connectivity index (χ0v) is 30.3. The lowest BCUT2D eigenvalue weighted by Gasteiger charge is -2.15. The van der Waals surface area contributed by atoms with Crippen LogP contribution < -0.4 is 0 Å². The molecule has 0 aliphatic carbocycles. The van der Waals surface area contributed by atoms with Gasteiger partial charge in [-0.05, 0) is 110 Å². The summed E-state index contributed by atoms with van der Waals surface area (Å²) >= 11 is 0. The third kappa shape index (κ3) is 6.48. The monoisotopic (exact) mass is 715 g/mol. The van der Waals surface area contributed by atoms with Crippen LogP contribution in [0.1, 0.15) is 0 Å². The van der Waals surface area contributed by atoms with E-state index in [2.05, 4.69) is 192 Å². The number of hydrogen-bond donors (Lipinski definition) is 0. The zero-order chi connectivity index (χ0) is 37.3. The number of nitrogens with zero attached hydrogens (tertiary/aromatic N) is 5. The Bertz CT molecular complexity index is 2960. The quantitative estimate of drug-likeness (QED) is 0.164. The molecule has 0 spiro atoms. The molecule has 0 amide bonds. The molecule has 0 atom stereocenters. The van der Waals surface area contributed by atoms with Crippen molar-refractivity contribution in [1.82, 2.24) is 25.1 Å². The summed E-state index contributed by atoms with van der Waals surface area (Å²) in [5.41, 5.74) is 11.0. The molecular formula is C51H33N5. The average molecular weight is 716 g/mol. The Kier molecular flexibility index (Phi) is 8.43. The molecule has 0 radical (unpaired) electrons. The molecule has 10 rings (SSSR count). The first-order valence-corrected chi connectivity index (χ1v) is 18.7. The van der Waals surface area contributed by atoms with Gasteiger partial charge in [-0.25, -0.2) is 15.0 Å². The van der Waals surface area contributed by atoms with E-state index in [9.17, 15) is 0 Å². The highest BCUT2D eigenvalue weighted by Gasteiger charge is 2.18. The fraction of sp³-hybridized carbons (Fsp3) is 0. The van der Waals surface area contributed by atoms with Gasteiger partial charge in [0.1, 0.15) is 0 Å². The average Bonchev–Trinajstić information content (AvgIpc) is 3.29. The Morgan fingerprint density at radius 1 is 0.286 bits per heavy atom. The molecular weight excluding hydrogens is 683 g/mol. The molecule has 56 heavy (non-hydrogen) atoms. The Labute approximate surface area is 324 Å². The van der Waals surface area contributed by atoms with Gasteiger partial charge in [0.2, 0.25) is 0 Å². The topological polar surface area (TPSA) is 64.5 Å². The van der Waals surface area contributed by atoms with Gasteiger partial charge in [-0.1, -0.05) is 140 Å². The summed E-state index contributed by atoms with van der Waals surface area (Å²) in [4.78, 5) is 15.6. The summed E-state index contributed by atoms with van der Waals surface area (Å²) in [6, 6.07) is 67.6. The van der Waals surface area contributed by atoms with Gasteiger partial charge >= 0.3 is 0 Å². The lowest BCUT2D eigenvalue weighted by atomic mass is 9.91. The van der Waals surface area contributed by atoms with Crippen LogP contribution in [0.2, 0.25) is 0 Å². The maximum Gasteiger partial charge on any atom is 0.164 e. The third-order valence-electron chi connectivity index (χ3n) is 10.2. The van der Waals surface area contributed by atoms with Crippen molar-refractivity contribution in [2.24, 2.45) is 0 Å². The lowest BCUT2D eigenvalue weighted by Crippen LogP contribution is -2.01. The maximum absolute atomic E-state index is 5.25. The fourth-order valence-electron chi connectivity index (χ4n) is 7.42. The van der Waals surface area contributed by atoms with Crippen molar-refractivity contribution in [3.63, 3.8) is 0 Å². The summed E-state index contributed by atoms with van der Waals surface area (Å²) in [7, 11) is 0. The van der Waals surface area contributed by atoms with Crippen LogP contribution in [-0.2, 0) is 0 Å². The Morgan fingerprint density at radius 3 is 1.52 bits per heavy atom. The highest BCUT2D eigenvalue weighted by Crippen LogP contribution is 2.38. The summed E-state index contributed by atoms with van der Waals surface area (Å²) in [6.45, 7) is 0. The molecule has 8 aromatic carbocycles. The van der Waals surface area contributed by atoms with E-state index >= 15 is 0 Å². The van der Waals surface area contributed by atoms with Crippen LogP contribution in [0.25, 0.3) is 100 Å². The first kappa shape index (κ1) is 33.0. The molecule has 262 valence electrons. The largest absolute Gasteiger partial charge is 0.208 e. The molecule has 5 nitrogen and oxygen atoms in total. The highest BCUT2D eigenvalue weighted by molar-refractivity contribution is 5.96. The number of aromatic nitrogens is 5. The van der Waals surface area contributed by atoms with Crippen LogP contribution >= 0.6 is 0 Å². The van der Waals surface area contributed by atoms with E-state index < -0.39 is 0 Å². The van der Waals surface area contributed by atoms with E-state index in [0.29, 0.717) is 17.5 Å². The van der Waals surface area contributed by atoms with Crippen molar-refractivity contribution in [1.29, 1.82) is 0 Å². The predicted molar refractivity (Wildman–Crippen MR) is 228 cm³/mol. The molecule has 2 aromatic heterocycles. The standard InChI is InChI=1S/C51H33N5/c1-3-13-34(14-4-1)40-28-41(35-15-5-2-6-16-35)30-42(29-40)43-31-44(48-23-12-26-52-56-48)33-45(32-43)50-53-49(39-25-24-36-17-7-8-19-38(36)27-39)54-51(55-50)47-22-11-20-37-18-9-10-21-46(37)47/h1-33H. The zero-order valence-electron chi connectivity index (χ0n) is 30.3. The van der Waals surface area contributed by atoms with Gasteiger partial charge in [0.15, 0.2) is 17.5 Å². The van der Waals surface area contributed by atoms with Crippen LogP contribution in [0.4, 0.5) is 0 Å². The van der Waals surface area contributed by atoms with Gasteiger partial charge in [-0.2, -0.15) is 10.2 Å². The van der Waals surface area contributed by atoms with Gasteiger partial charge in [-0.15, -0.1) is 0 Å². The van der Waals surface area contributed by atoms with Gasteiger partial charge in [-0.3, -0.25) is 0 Å². The van der Waals surface area contributed by atoms with Crippen molar-refractivity contribution in [2.45, 2.75) is 0 Å². The van der Waals surface area contributed by atoms with Gasteiger partial charge in [0.05, 0.1) is 5.69 Å². The molecule has 0 unspecified atom stereocenters. The second-order valence-corrected chi connectivity index (χ2v) is 13.8. The van der Waals surface area contributed by atoms with Crippen molar-refractivity contribution in [2.75, 3.05) is 0 Å². The van der Waals surface area contributed by atoms with E-state index in [0.717, 1.165) is 82.9 Å². The Balaban J connectivity index is 1.22. The molecule has 0 aliphatic rings. The van der Waals surface area contributed by atoms with Gasteiger partial charge in [0, 0.05) is 28.5 Å². The number of benzene rings is 8. The second kappa shape index (κ2) is 14.3. The minimum absolute atomic E-state index is 0.570. The highest BCUT2D eigenvalue weighted by atomic mass is 15.1. The summed E-state index contributed by atoms with van der Waals surface area (Å²) < 4.78 is 0. The molecule has 0 saturated carbocycles. The van der Waals surface area contributed by atoms with E-state index in [1.807, 2.05) is 12.1 Å². The predicted octanol–water partition coefficient (Wildman–Crippen LogP) is 12.6. The molecule has 0 fully saturated rings. The minimum atomic E-state index is 0.570. The molecule has 0 aliphatic heterocycles. The van der Waals surface area contributed by atoms with E-state index in [-0.39, 0.29) is 0 Å². The van der Waals surface area contributed by atoms with Crippen molar-refractivity contribution in [3.05, 3.63) is 200 Å². The SMILES string of the molecule is c1ccc(-c2cc(-c3ccccc3)cc(-c3cc(-c4cccnn4)cc(-c4nc(-c5ccc6ccccc6c5)nc(-c5cccc6ccccc56)n4)c3)c2)cc1. The second-order valence-electron chi connectivity index (χ2n) is 13.8. The normalized spacial score (nSPS) is 11.2. The Hall–Kier alpha value is -7.63. The third-order valence-corrected chi connectivity index (χ3v) is 10.2. The van der Waals surface area contributed by atoms with Crippen molar-refractivity contribution in [3.8, 4) is 78.8 Å². The fourth-order valence-corrected chi connectivity index (χ4v) is 7.42. The summed E-state index contributed by atoms with van der Waals surface area (Å²) in [6.07, 6.45) is 1.70. The van der Waals surface area contributed by atoms with Crippen LogP contribution in [0.5, 0.6) is 0 Å². The van der Waals surface area contributed by atoms with Crippen molar-refractivity contribution >= 4 is 21.5 Å². The molecule has 0 N–H and O–H groups in total. The van der Waals surface area contributed by atoms with E-state index in [4.69, 9.17) is 15.0 Å². The summed E-state index contributed by atoms with van der Waals surface area (Å²) in [5, 5.41) is 13.3. The van der Waals surface area contributed by atoms with Gasteiger partial charge < -0.3 is 0 Å². The smallest absolute Gasteiger partial charge is 0.164 e. The van der Waals surface area contributed by atoms with Crippen LogP contribution in [0.15, 0.2) is 200 Å². The molecule has 10 aromatic rings. The number of fused-ring (bicyclic) bond motifs is 2. The molecule has 0 bridgehead atoms. The van der Waals surface area contributed by atoms with Crippen LogP contribution in [0.3, 0.4) is 0 Å². The van der Waals surface area contributed by atoms with Crippen LogP contribution in [-0.4, -0.2) is 25.1 Å². The number of hydrogen-bond acceptors (Lipinski definition) is 5. The maximum atomic E-state index is 5.25. The first-order valence-electron chi connectivity index (χ1n) is 18.7. The van der Waals surface area contributed by atoms with Crippen LogP contribution in [0, 0.1) is 0 Å². The van der Waals surface area contributed by atoms with Gasteiger partial charge in [0.25, 0.3) is 0 Å². The van der Waals surface area contributed by atoms with E-state index in [1.165, 1.54) is 0 Å².